The third-order valence-electron chi connectivity index (χ3n) is 3.86. The van der Waals surface area contributed by atoms with E-state index in [0.717, 1.165) is 38.4 Å². The van der Waals surface area contributed by atoms with Crippen LogP contribution in [-0.4, -0.2) is 46.5 Å². The van der Waals surface area contributed by atoms with Gasteiger partial charge in [0.15, 0.2) is 0 Å². The molecule has 1 aliphatic rings. The van der Waals surface area contributed by atoms with E-state index in [9.17, 15) is 0 Å². The SMILES string of the molecule is CCC(C)n1ccc(CN2CCOC(C(C)N)C2)n1. The minimum Gasteiger partial charge on any atom is -0.374 e. The van der Waals surface area contributed by atoms with Crippen LogP contribution in [0.15, 0.2) is 12.3 Å². The Morgan fingerprint density at radius 1 is 1.53 bits per heavy atom. The minimum atomic E-state index is 0.0838. The van der Waals surface area contributed by atoms with Crippen LogP contribution in [0.5, 0.6) is 0 Å². The Labute approximate surface area is 115 Å². The zero-order valence-corrected chi connectivity index (χ0v) is 12.2. The van der Waals surface area contributed by atoms with E-state index in [4.69, 9.17) is 10.5 Å². The van der Waals surface area contributed by atoms with Crippen molar-refractivity contribution in [3.8, 4) is 0 Å². The fraction of sp³-hybridized carbons (Fsp3) is 0.786. The third kappa shape index (κ3) is 3.78. The normalized spacial score (nSPS) is 24.3. The van der Waals surface area contributed by atoms with Crippen molar-refractivity contribution in [2.24, 2.45) is 5.73 Å². The zero-order valence-electron chi connectivity index (χ0n) is 12.2. The quantitative estimate of drug-likeness (QED) is 0.875. The molecule has 2 heterocycles. The standard InChI is InChI=1S/C14H26N4O/c1-4-11(2)18-6-5-13(16-18)9-17-7-8-19-14(10-17)12(3)15/h5-6,11-12,14H,4,7-10,15H2,1-3H3. The van der Waals surface area contributed by atoms with Crippen LogP contribution in [0.25, 0.3) is 0 Å². The Hall–Kier alpha value is -0.910. The number of nitrogens with two attached hydrogens (primary N) is 1. The summed E-state index contributed by atoms with van der Waals surface area (Å²) in [5, 5.41) is 4.65. The van der Waals surface area contributed by atoms with E-state index in [2.05, 4.69) is 40.8 Å². The molecular formula is C14H26N4O. The van der Waals surface area contributed by atoms with Crippen molar-refractivity contribution in [3.05, 3.63) is 18.0 Å². The molecule has 1 aromatic rings. The van der Waals surface area contributed by atoms with Crippen LogP contribution < -0.4 is 5.73 Å². The molecule has 0 radical (unpaired) electrons. The number of hydrogen-bond donors (Lipinski definition) is 1. The number of hydrogen-bond acceptors (Lipinski definition) is 4. The maximum absolute atomic E-state index is 5.91. The fourth-order valence-electron chi connectivity index (χ4n) is 2.32. The summed E-state index contributed by atoms with van der Waals surface area (Å²) in [6, 6.07) is 2.67. The van der Waals surface area contributed by atoms with Gasteiger partial charge < -0.3 is 10.5 Å². The highest BCUT2D eigenvalue weighted by molar-refractivity contribution is 5.00. The van der Waals surface area contributed by atoms with E-state index in [-0.39, 0.29) is 12.1 Å². The van der Waals surface area contributed by atoms with E-state index in [0.29, 0.717) is 6.04 Å². The van der Waals surface area contributed by atoms with Gasteiger partial charge in [-0.1, -0.05) is 6.92 Å². The number of aromatic nitrogens is 2. The lowest BCUT2D eigenvalue weighted by Crippen LogP contribution is -2.49. The lowest BCUT2D eigenvalue weighted by atomic mass is 10.1. The van der Waals surface area contributed by atoms with Gasteiger partial charge in [-0.3, -0.25) is 9.58 Å². The molecule has 0 amide bonds. The first-order valence-corrected chi connectivity index (χ1v) is 7.23. The van der Waals surface area contributed by atoms with Crippen molar-refractivity contribution in [3.63, 3.8) is 0 Å². The third-order valence-corrected chi connectivity index (χ3v) is 3.86. The van der Waals surface area contributed by atoms with E-state index >= 15 is 0 Å². The topological polar surface area (TPSA) is 56.3 Å². The predicted octanol–water partition coefficient (Wildman–Crippen LogP) is 1.40. The number of nitrogens with zero attached hydrogens (tertiary/aromatic N) is 3. The summed E-state index contributed by atoms with van der Waals surface area (Å²) < 4.78 is 7.73. The molecule has 2 N–H and O–H groups in total. The van der Waals surface area contributed by atoms with Gasteiger partial charge in [0, 0.05) is 37.9 Å². The maximum atomic E-state index is 5.91. The summed E-state index contributed by atoms with van der Waals surface area (Å²) in [7, 11) is 0. The van der Waals surface area contributed by atoms with Gasteiger partial charge in [-0.05, 0) is 26.3 Å². The average molecular weight is 266 g/mol. The van der Waals surface area contributed by atoms with Gasteiger partial charge in [-0.2, -0.15) is 5.10 Å². The Morgan fingerprint density at radius 3 is 3.00 bits per heavy atom. The molecule has 108 valence electrons. The highest BCUT2D eigenvalue weighted by Crippen LogP contribution is 2.13. The van der Waals surface area contributed by atoms with E-state index < -0.39 is 0 Å². The first kappa shape index (κ1) is 14.5. The van der Waals surface area contributed by atoms with Crippen LogP contribution in [0.1, 0.15) is 38.9 Å². The average Bonchev–Trinajstić information content (AvgIpc) is 2.86. The molecular weight excluding hydrogens is 240 g/mol. The van der Waals surface area contributed by atoms with Gasteiger partial charge in [-0.15, -0.1) is 0 Å². The second-order valence-corrected chi connectivity index (χ2v) is 5.55. The zero-order chi connectivity index (χ0) is 13.8. The highest BCUT2D eigenvalue weighted by Gasteiger charge is 2.23. The van der Waals surface area contributed by atoms with Crippen LogP contribution in [-0.2, 0) is 11.3 Å². The van der Waals surface area contributed by atoms with Gasteiger partial charge in [0.1, 0.15) is 0 Å². The molecule has 3 unspecified atom stereocenters. The summed E-state index contributed by atoms with van der Waals surface area (Å²) in [5.41, 5.74) is 7.04. The van der Waals surface area contributed by atoms with Crippen molar-refractivity contribution in [2.75, 3.05) is 19.7 Å². The van der Waals surface area contributed by atoms with Crippen molar-refractivity contribution in [1.29, 1.82) is 0 Å². The summed E-state index contributed by atoms with van der Waals surface area (Å²) in [5.74, 6) is 0. The summed E-state index contributed by atoms with van der Waals surface area (Å²) in [6.45, 7) is 9.88. The highest BCUT2D eigenvalue weighted by atomic mass is 16.5. The van der Waals surface area contributed by atoms with Gasteiger partial charge in [0.25, 0.3) is 0 Å². The van der Waals surface area contributed by atoms with Crippen molar-refractivity contribution < 1.29 is 4.74 Å². The van der Waals surface area contributed by atoms with Crippen LogP contribution in [0.3, 0.4) is 0 Å². The Balaban J connectivity index is 1.91. The molecule has 1 fully saturated rings. The molecule has 2 rings (SSSR count). The minimum absolute atomic E-state index is 0.0838. The first-order chi connectivity index (χ1) is 9.10. The van der Waals surface area contributed by atoms with Gasteiger partial charge in [-0.25, -0.2) is 0 Å². The molecule has 5 nitrogen and oxygen atoms in total. The summed E-state index contributed by atoms with van der Waals surface area (Å²) >= 11 is 0. The molecule has 0 aromatic carbocycles. The lowest BCUT2D eigenvalue weighted by Gasteiger charge is -2.34. The number of ether oxygens (including phenoxy) is 1. The monoisotopic (exact) mass is 266 g/mol. The molecule has 1 aromatic heterocycles. The van der Waals surface area contributed by atoms with E-state index in [1.807, 2.05) is 6.92 Å². The second kappa shape index (κ2) is 6.50. The van der Waals surface area contributed by atoms with Crippen LogP contribution in [0.4, 0.5) is 0 Å². The molecule has 1 saturated heterocycles. The maximum Gasteiger partial charge on any atom is 0.0850 e. The van der Waals surface area contributed by atoms with E-state index in [1.165, 1.54) is 0 Å². The lowest BCUT2D eigenvalue weighted by molar-refractivity contribution is -0.0407. The van der Waals surface area contributed by atoms with Crippen molar-refractivity contribution in [2.45, 2.75) is 51.9 Å². The Morgan fingerprint density at radius 2 is 2.32 bits per heavy atom. The molecule has 0 saturated carbocycles. The largest absolute Gasteiger partial charge is 0.374 e. The molecule has 0 spiro atoms. The summed E-state index contributed by atoms with van der Waals surface area (Å²) in [6.07, 6.45) is 3.32. The molecule has 19 heavy (non-hydrogen) atoms. The Kier molecular flexibility index (Phi) is 4.96. The second-order valence-electron chi connectivity index (χ2n) is 5.55. The van der Waals surface area contributed by atoms with Crippen LogP contribution >= 0.6 is 0 Å². The molecule has 1 aliphatic heterocycles. The molecule has 0 aliphatic carbocycles. The van der Waals surface area contributed by atoms with Crippen LogP contribution in [0, 0.1) is 0 Å². The number of morpholine rings is 1. The molecule has 0 bridgehead atoms. The van der Waals surface area contributed by atoms with Gasteiger partial charge in [0.2, 0.25) is 0 Å². The predicted molar refractivity (Wildman–Crippen MR) is 75.9 cm³/mol. The van der Waals surface area contributed by atoms with Crippen LogP contribution in [0.2, 0.25) is 0 Å². The Bertz CT molecular complexity index is 391. The first-order valence-electron chi connectivity index (χ1n) is 7.23. The van der Waals surface area contributed by atoms with Crippen molar-refractivity contribution in [1.82, 2.24) is 14.7 Å². The summed E-state index contributed by atoms with van der Waals surface area (Å²) in [4.78, 5) is 2.38. The smallest absolute Gasteiger partial charge is 0.0850 e. The molecule has 3 atom stereocenters. The van der Waals surface area contributed by atoms with Gasteiger partial charge >= 0.3 is 0 Å². The fourth-order valence-corrected chi connectivity index (χ4v) is 2.32. The number of rotatable bonds is 5. The van der Waals surface area contributed by atoms with E-state index in [1.54, 1.807) is 0 Å². The van der Waals surface area contributed by atoms with Gasteiger partial charge in [0.05, 0.1) is 18.4 Å². The molecule has 5 heteroatoms. The van der Waals surface area contributed by atoms with Crippen molar-refractivity contribution >= 4 is 0 Å².